The number of furan rings is 1. The lowest BCUT2D eigenvalue weighted by Crippen LogP contribution is -2.25. The van der Waals surface area contributed by atoms with Crippen LogP contribution in [0, 0.1) is 0 Å². The molecule has 0 atom stereocenters. The van der Waals surface area contributed by atoms with E-state index in [9.17, 15) is 4.79 Å². The molecule has 0 radical (unpaired) electrons. The van der Waals surface area contributed by atoms with E-state index in [-0.39, 0.29) is 5.97 Å². The molecule has 0 spiro atoms. The van der Waals surface area contributed by atoms with E-state index in [1.165, 1.54) is 20.0 Å². The van der Waals surface area contributed by atoms with Gasteiger partial charge in [0, 0.05) is 25.0 Å². The summed E-state index contributed by atoms with van der Waals surface area (Å²) in [7, 11) is 1.38. The van der Waals surface area contributed by atoms with Crippen LogP contribution in [0.15, 0.2) is 47.3 Å². The second-order valence-corrected chi connectivity index (χ2v) is 6.09. The summed E-state index contributed by atoms with van der Waals surface area (Å²) in [6.45, 7) is 1.50. The van der Waals surface area contributed by atoms with E-state index in [0.717, 1.165) is 24.5 Å². The van der Waals surface area contributed by atoms with E-state index in [2.05, 4.69) is 9.88 Å². The number of fused-ring (bicyclic) bond motifs is 1. The molecule has 0 N–H and O–H groups in total. The fourth-order valence-corrected chi connectivity index (χ4v) is 2.97. The maximum absolute atomic E-state index is 11.9. The van der Waals surface area contributed by atoms with Crippen LogP contribution in [0.3, 0.4) is 0 Å². The first-order chi connectivity index (χ1) is 11.7. The first-order valence-corrected chi connectivity index (χ1v) is 8.06. The highest BCUT2D eigenvalue weighted by molar-refractivity contribution is 5.95. The highest BCUT2D eigenvalue weighted by Crippen LogP contribution is 2.30. The number of hydrogen-bond acceptors (Lipinski definition) is 5. The van der Waals surface area contributed by atoms with Crippen LogP contribution in [0.5, 0.6) is 0 Å². The van der Waals surface area contributed by atoms with Crippen molar-refractivity contribution in [1.82, 2.24) is 14.3 Å². The fraction of sp³-hybridized carbons (Fsp3) is 0.333. The van der Waals surface area contributed by atoms with E-state index in [4.69, 9.17) is 9.15 Å². The number of methoxy groups -OCH3 is 1. The Morgan fingerprint density at radius 1 is 1.38 bits per heavy atom. The molecule has 3 aromatic heterocycles. The maximum Gasteiger partial charge on any atom is 0.341 e. The lowest BCUT2D eigenvalue weighted by molar-refractivity contribution is 0.0602. The minimum atomic E-state index is -0.368. The quantitative estimate of drug-likeness (QED) is 0.652. The minimum Gasteiger partial charge on any atom is -0.468 e. The van der Waals surface area contributed by atoms with Gasteiger partial charge in [0.05, 0.1) is 25.6 Å². The van der Waals surface area contributed by atoms with Gasteiger partial charge in [0.25, 0.3) is 0 Å². The number of pyridine rings is 1. The molecule has 1 aliphatic carbocycles. The maximum atomic E-state index is 11.9. The predicted molar refractivity (Wildman–Crippen MR) is 87.5 cm³/mol. The van der Waals surface area contributed by atoms with Crippen LogP contribution in [-0.4, -0.2) is 33.4 Å². The summed E-state index contributed by atoms with van der Waals surface area (Å²) in [5, 5.41) is 0. The highest BCUT2D eigenvalue weighted by Gasteiger charge is 2.30. The molecule has 0 saturated heterocycles. The number of nitrogens with zero attached hydrogens (tertiary/aromatic N) is 3. The molecule has 1 saturated carbocycles. The van der Waals surface area contributed by atoms with Gasteiger partial charge >= 0.3 is 5.97 Å². The fourth-order valence-electron chi connectivity index (χ4n) is 2.97. The van der Waals surface area contributed by atoms with Crippen LogP contribution >= 0.6 is 0 Å². The van der Waals surface area contributed by atoms with E-state index >= 15 is 0 Å². The second kappa shape index (κ2) is 6.13. The van der Waals surface area contributed by atoms with Crippen molar-refractivity contribution in [1.29, 1.82) is 0 Å². The Hall–Kier alpha value is -2.60. The van der Waals surface area contributed by atoms with Crippen LogP contribution in [0.1, 0.15) is 34.7 Å². The molecule has 124 valence electrons. The van der Waals surface area contributed by atoms with Gasteiger partial charge in [0.15, 0.2) is 5.65 Å². The third-order valence-corrected chi connectivity index (χ3v) is 4.31. The number of hydrogen-bond donors (Lipinski definition) is 0. The second-order valence-electron chi connectivity index (χ2n) is 6.09. The number of aromatic nitrogens is 2. The lowest BCUT2D eigenvalue weighted by Gasteiger charge is -2.19. The Bertz CT molecular complexity index is 850. The van der Waals surface area contributed by atoms with Gasteiger partial charge in [-0.15, -0.1) is 0 Å². The summed E-state index contributed by atoms with van der Waals surface area (Å²) in [4.78, 5) is 18.9. The summed E-state index contributed by atoms with van der Waals surface area (Å²) in [6, 6.07) is 8.05. The van der Waals surface area contributed by atoms with Crippen molar-refractivity contribution in [2.24, 2.45) is 0 Å². The zero-order chi connectivity index (χ0) is 16.5. The SMILES string of the molecule is COC(=O)c1cccn2cc(CN(Cc3ccco3)C3CC3)nc12. The standard InChI is InChI=1S/C18H19N3O3/c1-23-18(22)16-5-2-8-20-10-13(19-17(16)20)11-21(14-6-7-14)12-15-4-3-9-24-15/h2-5,8-10,14H,6-7,11-12H2,1H3. The average Bonchev–Trinajstić information content (AvgIpc) is 3.16. The first kappa shape index (κ1) is 15.0. The zero-order valence-corrected chi connectivity index (χ0v) is 13.5. The van der Waals surface area contributed by atoms with Crippen molar-refractivity contribution < 1.29 is 13.9 Å². The van der Waals surface area contributed by atoms with Crippen LogP contribution in [-0.2, 0) is 17.8 Å². The van der Waals surface area contributed by atoms with Gasteiger partial charge in [-0.3, -0.25) is 4.90 Å². The van der Waals surface area contributed by atoms with Crippen LogP contribution in [0.4, 0.5) is 0 Å². The number of carbonyl (C=O) groups is 1. The van der Waals surface area contributed by atoms with Gasteiger partial charge in [-0.2, -0.15) is 0 Å². The van der Waals surface area contributed by atoms with Crippen molar-refractivity contribution in [2.45, 2.75) is 32.0 Å². The van der Waals surface area contributed by atoms with Crippen molar-refractivity contribution in [3.8, 4) is 0 Å². The topological polar surface area (TPSA) is 60.0 Å². The third kappa shape index (κ3) is 2.92. The van der Waals surface area contributed by atoms with Crippen molar-refractivity contribution >= 4 is 11.6 Å². The number of esters is 1. The molecule has 0 unspecified atom stereocenters. The minimum absolute atomic E-state index is 0.368. The van der Waals surface area contributed by atoms with Crippen molar-refractivity contribution in [3.05, 3.63) is 59.9 Å². The number of ether oxygens (including phenoxy) is 1. The summed E-state index contributed by atoms with van der Waals surface area (Å²) >= 11 is 0. The average molecular weight is 325 g/mol. The molecule has 24 heavy (non-hydrogen) atoms. The van der Waals surface area contributed by atoms with Crippen molar-refractivity contribution in [2.75, 3.05) is 7.11 Å². The van der Waals surface area contributed by atoms with E-state index < -0.39 is 0 Å². The normalized spacial score (nSPS) is 14.4. The molecule has 4 rings (SSSR count). The molecule has 3 aromatic rings. The lowest BCUT2D eigenvalue weighted by atomic mass is 10.3. The van der Waals surface area contributed by atoms with Gasteiger partial charge in [0.2, 0.25) is 0 Å². The number of rotatable bonds is 6. The first-order valence-electron chi connectivity index (χ1n) is 8.06. The Morgan fingerprint density at radius 2 is 2.25 bits per heavy atom. The molecular weight excluding hydrogens is 306 g/mol. The highest BCUT2D eigenvalue weighted by atomic mass is 16.5. The molecule has 6 nitrogen and oxygen atoms in total. The summed E-state index contributed by atoms with van der Waals surface area (Å²) in [5.41, 5.74) is 2.05. The van der Waals surface area contributed by atoms with Gasteiger partial charge < -0.3 is 13.6 Å². The monoisotopic (exact) mass is 325 g/mol. The summed E-state index contributed by atoms with van der Waals surface area (Å²) < 4.78 is 12.2. The Labute approximate surface area is 139 Å². The third-order valence-electron chi connectivity index (χ3n) is 4.31. The zero-order valence-electron chi connectivity index (χ0n) is 13.5. The smallest absolute Gasteiger partial charge is 0.341 e. The van der Waals surface area contributed by atoms with Crippen molar-refractivity contribution in [3.63, 3.8) is 0 Å². The number of carbonyl (C=O) groups excluding carboxylic acids is 1. The predicted octanol–water partition coefficient (Wildman–Crippen LogP) is 2.88. The van der Waals surface area contributed by atoms with E-state index in [0.29, 0.717) is 17.3 Å². The summed E-state index contributed by atoms with van der Waals surface area (Å²) in [6.07, 6.45) is 7.99. The van der Waals surface area contributed by atoms with Gasteiger partial charge in [-0.05, 0) is 37.1 Å². The number of imidazole rings is 1. The molecule has 0 bridgehead atoms. The van der Waals surface area contributed by atoms with Gasteiger partial charge in [-0.25, -0.2) is 9.78 Å². The van der Waals surface area contributed by atoms with Crippen LogP contribution in [0.25, 0.3) is 5.65 Å². The largest absolute Gasteiger partial charge is 0.468 e. The van der Waals surface area contributed by atoms with E-state index in [1.807, 2.05) is 35.0 Å². The van der Waals surface area contributed by atoms with Crippen LogP contribution in [0.2, 0.25) is 0 Å². The van der Waals surface area contributed by atoms with E-state index in [1.54, 1.807) is 12.3 Å². The Kier molecular flexibility index (Phi) is 3.82. The molecule has 1 aliphatic rings. The summed E-state index contributed by atoms with van der Waals surface area (Å²) in [5.74, 6) is 0.591. The molecule has 1 fully saturated rings. The van der Waals surface area contributed by atoms with Gasteiger partial charge in [0.1, 0.15) is 11.3 Å². The molecule has 3 heterocycles. The molecule has 0 aliphatic heterocycles. The Morgan fingerprint density at radius 3 is 2.96 bits per heavy atom. The molecule has 0 aromatic carbocycles. The molecule has 6 heteroatoms. The van der Waals surface area contributed by atoms with Crippen LogP contribution < -0.4 is 0 Å². The molecular formula is C18H19N3O3. The van der Waals surface area contributed by atoms with Gasteiger partial charge in [-0.1, -0.05) is 0 Å². The molecule has 0 amide bonds. The Balaban J connectivity index is 1.60.